The lowest BCUT2D eigenvalue weighted by atomic mass is 9.95. The first-order valence-corrected chi connectivity index (χ1v) is 8.98. The fourth-order valence-corrected chi connectivity index (χ4v) is 3.11. The van der Waals surface area contributed by atoms with Gasteiger partial charge in [-0.05, 0) is 41.1 Å². The second-order valence-electron chi connectivity index (χ2n) is 6.71. The zero-order valence-corrected chi connectivity index (χ0v) is 16.3. The summed E-state index contributed by atoms with van der Waals surface area (Å²) in [7, 11) is 2.87. The number of fused-ring (bicyclic) bond motifs is 1. The number of pyridine rings is 1. The normalized spacial score (nSPS) is 11.7. The van der Waals surface area contributed by atoms with E-state index in [2.05, 4.69) is 4.98 Å². The molecule has 3 rings (SSSR count). The molecule has 0 spiro atoms. The Morgan fingerprint density at radius 2 is 1.89 bits per heavy atom. The molecule has 1 heterocycles. The lowest BCUT2D eigenvalue weighted by Gasteiger charge is -2.15. The molecule has 0 aliphatic carbocycles. The molecule has 3 aromatic rings. The maximum absolute atomic E-state index is 14.1. The second kappa shape index (κ2) is 8.21. The Labute approximate surface area is 163 Å². The van der Waals surface area contributed by atoms with Gasteiger partial charge in [0.15, 0.2) is 0 Å². The molecule has 0 fully saturated rings. The number of allylic oxidation sites excluding steroid dienone is 1. The van der Waals surface area contributed by atoms with E-state index in [0.717, 1.165) is 22.1 Å². The van der Waals surface area contributed by atoms with Crippen LogP contribution in [0.5, 0.6) is 5.88 Å². The fraction of sp³-hybridized carbons (Fsp3) is 0.217. The largest absolute Gasteiger partial charge is 0.481 e. The Morgan fingerprint density at radius 1 is 1.11 bits per heavy atom. The molecule has 0 atom stereocenters. The van der Waals surface area contributed by atoms with E-state index in [1.54, 1.807) is 12.1 Å². The van der Waals surface area contributed by atoms with Crippen molar-refractivity contribution in [3.05, 3.63) is 66.0 Å². The maximum atomic E-state index is 14.1. The Morgan fingerprint density at radius 3 is 2.57 bits per heavy atom. The Hall–Kier alpha value is -3.21. The Balaban J connectivity index is 2.10. The number of carbonyl (C=O) groups is 1. The first-order valence-electron chi connectivity index (χ1n) is 8.98. The van der Waals surface area contributed by atoms with Crippen LogP contribution < -0.4 is 4.74 Å². The van der Waals surface area contributed by atoms with Gasteiger partial charge in [0.1, 0.15) is 5.82 Å². The van der Waals surface area contributed by atoms with E-state index < -0.39 is 5.97 Å². The highest BCUT2D eigenvalue weighted by Gasteiger charge is 2.17. The molecular weight excluding hydrogens is 357 g/mol. The van der Waals surface area contributed by atoms with Gasteiger partial charge in [0.05, 0.1) is 19.9 Å². The number of aromatic nitrogens is 1. The highest BCUT2D eigenvalue weighted by Crippen LogP contribution is 2.33. The van der Waals surface area contributed by atoms with E-state index in [0.29, 0.717) is 17.0 Å². The molecule has 1 aromatic heterocycles. The molecule has 4 nitrogen and oxygen atoms in total. The molecule has 2 aromatic carbocycles. The van der Waals surface area contributed by atoms with Crippen LogP contribution in [0.3, 0.4) is 0 Å². The number of benzene rings is 2. The third-order valence-corrected chi connectivity index (χ3v) is 4.59. The third-order valence-electron chi connectivity index (χ3n) is 4.59. The molecule has 0 saturated carbocycles. The quantitative estimate of drug-likeness (QED) is 0.448. The summed E-state index contributed by atoms with van der Waals surface area (Å²) in [6.45, 7) is 3.96. The number of methoxy groups -OCH3 is 2. The van der Waals surface area contributed by atoms with Crippen molar-refractivity contribution in [1.29, 1.82) is 0 Å². The van der Waals surface area contributed by atoms with Crippen LogP contribution in [0.2, 0.25) is 0 Å². The summed E-state index contributed by atoms with van der Waals surface area (Å²) in [5, 5.41) is 1.37. The van der Waals surface area contributed by atoms with Crippen LogP contribution in [-0.4, -0.2) is 25.2 Å². The first kappa shape index (κ1) is 19.5. The minimum absolute atomic E-state index is 0.0652. The molecule has 28 heavy (non-hydrogen) atoms. The van der Waals surface area contributed by atoms with E-state index in [4.69, 9.17) is 9.47 Å². The number of hydrogen-bond donors (Lipinski definition) is 0. The molecule has 5 heteroatoms. The summed E-state index contributed by atoms with van der Waals surface area (Å²) < 4.78 is 24.4. The minimum Gasteiger partial charge on any atom is -0.481 e. The van der Waals surface area contributed by atoms with Gasteiger partial charge in [0.2, 0.25) is 5.88 Å². The predicted octanol–water partition coefficient (Wildman–Crippen LogP) is 5.26. The molecular formula is C23H22FNO3. The van der Waals surface area contributed by atoms with Gasteiger partial charge in [-0.2, -0.15) is 0 Å². The number of carbonyl (C=O) groups excluding carboxylic acids is 1. The summed E-state index contributed by atoms with van der Waals surface area (Å²) >= 11 is 0. The summed E-state index contributed by atoms with van der Waals surface area (Å²) in [4.78, 5) is 16.3. The van der Waals surface area contributed by atoms with Gasteiger partial charge in [-0.25, -0.2) is 14.2 Å². The van der Waals surface area contributed by atoms with Gasteiger partial charge < -0.3 is 9.47 Å². The van der Waals surface area contributed by atoms with Crippen molar-refractivity contribution in [2.45, 2.75) is 13.8 Å². The van der Waals surface area contributed by atoms with Gasteiger partial charge in [-0.1, -0.05) is 38.1 Å². The van der Waals surface area contributed by atoms with Crippen LogP contribution in [-0.2, 0) is 9.53 Å². The van der Waals surface area contributed by atoms with Gasteiger partial charge in [0.25, 0.3) is 0 Å². The number of nitrogens with zero attached hydrogens (tertiary/aromatic N) is 1. The maximum Gasteiger partial charge on any atom is 0.330 e. The first-order chi connectivity index (χ1) is 13.4. The zero-order valence-electron chi connectivity index (χ0n) is 16.3. The van der Waals surface area contributed by atoms with Gasteiger partial charge >= 0.3 is 5.97 Å². The smallest absolute Gasteiger partial charge is 0.330 e. The summed E-state index contributed by atoms with van der Waals surface area (Å²) in [5.41, 5.74) is 2.93. The number of esters is 1. The van der Waals surface area contributed by atoms with Crippen LogP contribution in [0.4, 0.5) is 4.39 Å². The average molecular weight is 379 g/mol. The molecule has 0 unspecified atom stereocenters. The molecule has 0 amide bonds. The van der Waals surface area contributed by atoms with Crippen molar-refractivity contribution < 1.29 is 18.7 Å². The van der Waals surface area contributed by atoms with E-state index in [1.807, 2.05) is 44.2 Å². The van der Waals surface area contributed by atoms with Crippen molar-refractivity contribution in [2.75, 3.05) is 14.2 Å². The molecule has 0 N–H and O–H groups in total. The zero-order chi connectivity index (χ0) is 20.3. The third kappa shape index (κ3) is 3.88. The number of hydrogen-bond acceptors (Lipinski definition) is 4. The lowest BCUT2D eigenvalue weighted by Crippen LogP contribution is -2.04. The van der Waals surface area contributed by atoms with Crippen LogP contribution >= 0.6 is 0 Å². The van der Waals surface area contributed by atoms with E-state index in [1.165, 1.54) is 26.4 Å². The average Bonchev–Trinajstić information content (AvgIpc) is 2.71. The molecule has 0 radical (unpaired) electrons. The summed E-state index contributed by atoms with van der Waals surface area (Å²) in [6, 6.07) is 14.2. The monoisotopic (exact) mass is 379 g/mol. The van der Waals surface area contributed by atoms with Crippen LogP contribution in [0, 0.1) is 11.7 Å². The molecule has 0 saturated heterocycles. The van der Waals surface area contributed by atoms with Crippen LogP contribution in [0.15, 0.2) is 54.6 Å². The van der Waals surface area contributed by atoms with E-state index >= 15 is 0 Å². The van der Waals surface area contributed by atoms with Crippen molar-refractivity contribution in [1.82, 2.24) is 4.98 Å². The van der Waals surface area contributed by atoms with Gasteiger partial charge in [0, 0.05) is 22.6 Å². The predicted molar refractivity (Wildman–Crippen MR) is 109 cm³/mol. The minimum atomic E-state index is -0.431. The standard InChI is InChI=1S/C23H22FNO3/c1-14(2)18(13-22(26)27-3)17-10-11-21(25-23(17)28-4)16-9-8-15-6-5-7-20(24)19(15)12-16/h5-14H,1-4H3/b18-13-. The second-order valence-corrected chi connectivity index (χ2v) is 6.71. The number of halogens is 1. The molecule has 144 valence electrons. The van der Waals surface area contributed by atoms with E-state index in [-0.39, 0.29) is 11.7 Å². The SMILES string of the molecule is COC(=O)/C=C(\c1ccc(-c2ccc3cccc(F)c3c2)nc1OC)C(C)C. The number of ether oxygens (including phenoxy) is 2. The van der Waals surface area contributed by atoms with Gasteiger partial charge in [-0.15, -0.1) is 0 Å². The van der Waals surface area contributed by atoms with Crippen molar-refractivity contribution in [3.8, 4) is 17.1 Å². The molecule has 0 bridgehead atoms. The fourth-order valence-electron chi connectivity index (χ4n) is 3.11. The summed E-state index contributed by atoms with van der Waals surface area (Å²) in [5.74, 6) is -0.240. The topological polar surface area (TPSA) is 48.4 Å². The lowest BCUT2D eigenvalue weighted by molar-refractivity contribution is -0.134. The Bertz CT molecular complexity index is 1060. The van der Waals surface area contributed by atoms with Crippen LogP contribution in [0.1, 0.15) is 19.4 Å². The molecule has 0 aliphatic rings. The van der Waals surface area contributed by atoms with Crippen LogP contribution in [0.25, 0.3) is 27.6 Å². The van der Waals surface area contributed by atoms with Crippen molar-refractivity contribution >= 4 is 22.3 Å². The molecule has 0 aliphatic heterocycles. The van der Waals surface area contributed by atoms with Crippen molar-refractivity contribution in [3.63, 3.8) is 0 Å². The van der Waals surface area contributed by atoms with E-state index in [9.17, 15) is 9.18 Å². The highest BCUT2D eigenvalue weighted by molar-refractivity contribution is 5.93. The van der Waals surface area contributed by atoms with Gasteiger partial charge in [-0.3, -0.25) is 0 Å². The summed E-state index contributed by atoms with van der Waals surface area (Å²) in [6.07, 6.45) is 1.45. The Kier molecular flexibility index (Phi) is 5.73. The van der Waals surface area contributed by atoms with Crippen molar-refractivity contribution in [2.24, 2.45) is 5.92 Å². The highest BCUT2D eigenvalue weighted by atomic mass is 19.1. The number of rotatable bonds is 5.